The number of amides is 4. The number of benzene rings is 1. The predicted molar refractivity (Wildman–Crippen MR) is 161 cm³/mol. The molecular weight excluding hydrogens is 556 g/mol. The van der Waals surface area contributed by atoms with Crippen LogP contribution in [-0.4, -0.2) is 80.5 Å². The molecule has 2 heterocycles. The fourth-order valence-electron chi connectivity index (χ4n) is 5.53. The lowest BCUT2D eigenvalue weighted by atomic mass is 9.83. The monoisotopic (exact) mass is 598 g/mol. The molecule has 2 aliphatic rings. The second-order valence-corrected chi connectivity index (χ2v) is 12.9. The van der Waals surface area contributed by atoms with Gasteiger partial charge < -0.3 is 20.3 Å². The van der Waals surface area contributed by atoms with Gasteiger partial charge in [0.15, 0.2) is 0 Å². The molecule has 3 atom stereocenters. The van der Waals surface area contributed by atoms with Gasteiger partial charge in [0, 0.05) is 30.7 Å². The molecule has 2 aromatic rings. The minimum atomic E-state index is -0.855. The van der Waals surface area contributed by atoms with E-state index in [2.05, 4.69) is 20.2 Å². The molecule has 1 aromatic heterocycles. The summed E-state index contributed by atoms with van der Waals surface area (Å²) in [7, 11) is 1.51. The van der Waals surface area contributed by atoms with E-state index in [0.29, 0.717) is 30.1 Å². The molecule has 228 valence electrons. The first-order chi connectivity index (χ1) is 20.0. The van der Waals surface area contributed by atoms with Crippen LogP contribution in [0.3, 0.4) is 0 Å². The van der Waals surface area contributed by atoms with Gasteiger partial charge in [0.2, 0.25) is 17.7 Å². The van der Waals surface area contributed by atoms with Gasteiger partial charge in [-0.05, 0) is 59.3 Å². The Morgan fingerprint density at radius 3 is 2.40 bits per heavy atom. The van der Waals surface area contributed by atoms with Gasteiger partial charge in [-0.25, -0.2) is 4.79 Å². The number of likely N-dealkylation sites (N-methyl/N-ethyl adjacent to an activating group) is 1. The first-order valence-electron chi connectivity index (χ1n) is 14.7. The highest BCUT2D eigenvalue weighted by atomic mass is 32.1. The zero-order chi connectivity index (χ0) is 30.4. The zero-order valence-corrected chi connectivity index (χ0v) is 25.9. The van der Waals surface area contributed by atoms with Crippen LogP contribution in [0.4, 0.5) is 9.80 Å². The second kappa shape index (κ2) is 13.6. The van der Waals surface area contributed by atoms with Crippen LogP contribution in [0.5, 0.6) is 0 Å². The zero-order valence-electron chi connectivity index (χ0n) is 25.1. The Bertz CT molecular complexity index is 1260. The summed E-state index contributed by atoms with van der Waals surface area (Å²) < 4.78 is 9.45. The lowest BCUT2D eigenvalue weighted by Crippen LogP contribution is -2.58. The summed E-state index contributed by atoms with van der Waals surface area (Å²) in [6.45, 7) is 7.32. The Labute approximate surface area is 251 Å². The van der Waals surface area contributed by atoms with Gasteiger partial charge >= 0.3 is 6.09 Å². The van der Waals surface area contributed by atoms with E-state index < -0.39 is 35.7 Å². The average molecular weight is 599 g/mol. The molecule has 0 spiro atoms. The Hall–Kier alpha value is -3.54. The van der Waals surface area contributed by atoms with Crippen LogP contribution in [0.15, 0.2) is 30.3 Å². The van der Waals surface area contributed by atoms with Gasteiger partial charge in [-0.15, -0.1) is 5.10 Å². The molecule has 1 aromatic carbocycles. The van der Waals surface area contributed by atoms with Crippen LogP contribution in [-0.2, 0) is 19.1 Å². The van der Waals surface area contributed by atoms with Crippen LogP contribution < -0.4 is 10.6 Å². The molecule has 0 radical (unpaired) electrons. The fraction of sp³-hybridized carbons (Fsp3) is 0.600. The Morgan fingerprint density at radius 1 is 1.05 bits per heavy atom. The number of nitrogens with one attached hydrogen (secondary N) is 2. The summed E-state index contributed by atoms with van der Waals surface area (Å²) in [4.78, 5) is 56.5. The second-order valence-electron chi connectivity index (χ2n) is 12.1. The van der Waals surface area contributed by atoms with Gasteiger partial charge in [0.25, 0.3) is 0 Å². The van der Waals surface area contributed by atoms with Crippen LogP contribution in [0.1, 0.15) is 72.6 Å². The molecule has 0 bridgehead atoms. The van der Waals surface area contributed by atoms with Crippen LogP contribution >= 0.6 is 11.5 Å². The molecule has 4 rings (SSSR count). The van der Waals surface area contributed by atoms with Crippen LogP contribution in [0, 0.1) is 5.92 Å². The van der Waals surface area contributed by atoms with Gasteiger partial charge in [0.05, 0.1) is 0 Å². The number of hydrogen-bond acceptors (Lipinski definition) is 8. The number of carbonyl (C=O) groups is 4. The summed E-state index contributed by atoms with van der Waals surface area (Å²) in [5, 5.41) is 10.6. The molecule has 42 heavy (non-hydrogen) atoms. The van der Waals surface area contributed by atoms with Crippen molar-refractivity contribution in [3.05, 3.63) is 30.3 Å². The maximum atomic E-state index is 14.1. The molecule has 12 heteroatoms. The van der Waals surface area contributed by atoms with E-state index in [0.717, 1.165) is 49.2 Å². The molecule has 1 saturated heterocycles. The number of likely N-dealkylation sites (tertiary alicyclic amines) is 1. The number of aromatic nitrogens is 2. The van der Waals surface area contributed by atoms with Gasteiger partial charge in [-0.2, -0.15) is 0 Å². The van der Waals surface area contributed by atoms with E-state index in [1.807, 2.05) is 30.3 Å². The predicted octanol–water partition coefficient (Wildman–Crippen LogP) is 4.46. The van der Waals surface area contributed by atoms with Crippen LogP contribution in [0.25, 0.3) is 11.3 Å². The molecule has 1 aliphatic carbocycles. The molecule has 1 aliphatic heterocycles. The number of hydrogen-bond donors (Lipinski definition) is 2. The van der Waals surface area contributed by atoms with Gasteiger partial charge in [-0.3, -0.25) is 19.3 Å². The van der Waals surface area contributed by atoms with Crippen LogP contribution in [0.2, 0.25) is 0 Å². The van der Waals surface area contributed by atoms with Crippen molar-refractivity contribution in [2.45, 2.75) is 96.4 Å². The third-order valence-electron chi connectivity index (χ3n) is 7.94. The summed E-state index contributed by atoms with van der Waals surface area (Å²) in [6, 6.07) is 7.17. The number of anilines is 1. The molecule has 1 saturated carbocycles. The van der Waals surface area contributed by atoms with Gasteiger partial charge in [-0.1, -0.05) is 54.1 Å². The van der Waals surface area contributed by atoms with Crippen molar-refractivity contribution in [2.75, 3.05) is 18.9 Å². The molecular formula is C30H42N6O5S. The van der Waals surface area contributed by atoms with Crippen molar-refractivity contribution in [3.8, 4) is 11.3 Å². The molecule has 0 unspecified atom stereocenters. The molecule has 2 N–H and O–H groups in total. The lowest BCUT2D eigenvalue weighted by Gasteiger charge is -2.36. The minimum Gasteiger partial charge on any atom is -0.444 e. The number of nitrogens with zero attached hydrogens (tertiary/aromatic N) is 4. The highest BCUT2D eigenvalue weighted by molar-refractivity contribution is 7.10. The topological polar surface area (TPSA) is 134 Å². The summed E-state index contributed by atoms with van der Waals surface area (Å²) >= 11 is 1.09. The minimum absolute atomic E-state index is 0.0473. The van der Waals surface area contributed by atoms with E-state index in [4.69, 9.17) is 4.74 Å². The SMILES string of the molecule is C[C@@H](C(=O)N[C@H](C(=O)N1CCC[C@H]1C(=O)Nc1snnc1-c1ccccc1)C1CCCCC1)N(C)C(=O)OC(C)(C)C. The lowest BCUT2D eigenvalue weighted by molar-refractivity contribution is -0.142. The first-order valence-corrected chi connectivity index (χ1v) is 15.5. The maximum absolute atomic E-state index is 14.1. The summed E-state index contributed by atoms with van der Waals surface area (Å²) in [6.07, 6.45) is 5.24. The van der Waals surface area contributed by atoms with Crippen molar-refractivity contribution in [2.24, 2.45) is 5.92 Å². The Balaban J connectivity index is 1.48. The van der Waals surface area contributed by atoms with Crippen molar-refractivity contribution in [1.29, 1.82) is 0 Å². The Kier molecular flexibility index (Phi) is 10.2. The maximum Gasteiger partial charge on any atom is 0.410 e. The molecule has 2 fully saturated rings. The number of carbonyl (C=O) groups excluding carboxylic acids is 4. The summed E-state index contributed by atoms with van der Waals surface area (Å²) in [5.41, 5.74) is 0.719. The third kappa shape index (κ3) is 7.64. The smallest absolute Gasteiger partial charge is 0.410 e. The van der Waals surface area contributed by atoms with E-state index in [1.54, 1.807) is 32.6 Å². The molecule has 11 nitrogen and oxygen atoms in total. The van der Waals surface area contributed by atoms with E-state index in [1.165, 1.54) is 11.9 Å². The highest BCUT2D eigenvalue weighted by Crippen LogP contribution is 2.32. The third-order valence-corrected chi connectivity index (χ3v) is 8.58. The first kappa shape index (κ1) is 31.4. The number of rotatable bonds is 8. The van der Waals surface area contributed by atoms with Crippen molar-refractivity contribution >= 4 is 40.3 Å². The highest BCUT2D eigenvalue weighted by Gasteiger charge is 2.42. The van der Waals surface area contributed by atoms with E-state index in [9.17, 15) is 19.2 Å². The fourth-order valence-corrected chi connectivity index (χ4v) is 6.12. The van der Waals surface area contributed by atoms with Gasteiger partial charge in [0.1, 0.15) is 34.4 Å². The van der Waals surface area contributed by atoms with E-state index in [-0.39, 0.29) is 17.7 Å². The standard InChI is InChI=1S/C30H42N6O5S/c1-19(35(5)29(40)41-30(2,3)4)25(37)31-24(21-15-10-7-11-16-21)28(39)36-18-12-17-22(36)26(38)32-27-23(33-34-42-27)20-13-8-6-9-14-20/h6,8-9,13-14,19,21-22,24H,7,10-12,15-18H2,1-5H3,(H,31,37)(H,32,38)/t19-,22-,24-/m0/s1. The Morgan fingerprint density at radius 2 is 1.74 bits per heavy atom. The molecule has 4 amide bonds. The average Bonchev–Trinajstić information content (AvgIpc) is 3.65. The van der Waals surface area contributed by atoms with Crippen molar-refractivity contribution in [3.63, 3.8) is 0 Å². The summed E-state index contributed by atoms with van der Waals surface area (Å²) in [5.74, 6) is -1.04. The van der Waals surface area contributed by atoms with Crippen molar-refractivity contribution < 1.29 is 23.9 Å². The number of ether oxygens (including phenoxy) is 1. The normalized spacial score (nSPS) is 19.1. The van der Waals surface area contributed by atoms with Crippen molar-refractivity contribution in [1.82, 2.24) is 24.7 Å². The van der Waals surface area contributed by atoms with E-state index >= 15 is 0 Å². The largest absolute Gasteiger partial charge is 0.444 e. The quantitative estimate of drug-likeness (QED) is 0.458.